The van der Waals surface area contributed by atoms with Crippen LogP contribution >= 0.6 is 0 Å². The number of aliphatic hydroxyl groups excluding tert-OH is 1. The molecule has 0 bridgehead atoms. The van der Waals surface area contributed by atoms with Gasteiger partial charge in [-0.2, -0.15) is 0 Å². The lowest BCUT2D eigenvalue weighted by molar-refractivity contribution is 0.473. The highest BCUT2D eigenvalue weighted by molar-refractivity contribution is 4.98. The summed E-state index contributed by atoms with van der Waals surface area (Å²) in [6, 6.07) is 0. The summed E-state index contributed by atoms with van der Waals surface area (Å²) in [4.78, 5) is 0. The van der Waals surface area contributed by atoms with E-state index in [2.05, 4.69) is 13.0 Å². The van der Waals surface area contributed by atoms with Crippen LogP contribution in [0.1, 0.15) is 32.6 Å². The molecule has 58 valence electrons. The van der Waals surface area contributed by atoms with Gasteiger partial charge >= 0.3 is 0 Å². The SMILES string of the molecule is CCCCC/C=C\C=C\O. The van der Waals surface area contributed by atoms with Crippen LogP contribution < -0.4 is 0 Å². The van der Waals surface area contributed by atoms with Gasteiger partial charge in [-0.05, 0) is 18.9 Å². The summed E-state index contributed by atoms with van der Waals surface area (Å²) in [5.74, 6) is 0. The van der Waals surface area contributed by atoms with Gasteiger partial charge in [0.05, 0.1) is 6.26 Å². The molecule has 0 rings (SSSR count). The Morgan fingerprint density at radius 1 is 1.20 bits per heavy atom. The molecular formula is C9H16O. The van der Waals surface area contributed by atoms with Gasteiger partial charge < -0.3 is 5.11 Å². The lowest BCUT2D eigenvalue weighted by Gasteiger charge is -1.89. The summed E-state index contributed by atoms with van der Waals surface area (Å²) >= 11 is 0. The highest BCUT2D eigenvalue weighted by atomic mass is 16.2. The van der Waals surface area contributed by atoms with Gasteiger partial charge in [0, 0.05) is 0 Å². The van der Waals surface area contributed by atoms with E-state index in [9.17, 15) is 0 Å². The fourth-order valence-electron chi connectivity index (χ4n) is 0.737. The van der Waals surface area contributed by atoms with Crippen molar-refractivity contribution in [2.75, 3.05) is 0 Å². The molecule has 0 spiro atoms. The normalized spacial score (nSPS) is 11.7. The third kappa shape index (κ3) is 7.28. The van der Waals surface area contributed by atoms with Gasteiger partial charge in [-0.3, -0.25) is 0 Å². The first-order valence-corrected chi connectivity index (χ1v) is 3.87. The molecule has 0 aliphatic rings. The first kappa shape index (κ1) is 9.28. The second kappa shape index (κ2) is 8.28. The molecule has 0 fully saturated rings. The van der Waals surface area contributed by atoms with Crippen molar-refractivity contribution in [2.24, 2.45) is 0 Å². The maximum atomic E-state index is 8.24. The molecule has 0 saturated carbocycles. The van der Waals surface area contributed by atoms with Crippen molar-refractivity contribution in [3.63, 3.8) is 0 Å². The molecule has 0 aliphatic carbocycles. The highest BCUT2D eigenvalue weighted by Crippen LogP contribution is 1.99. The minimum atomic E-state index is 1.05. The molecule has 0 radical (unpaired) electrons. The van der Waals surface area contributed by atoms with Crippen molar-refractivity contribution in [1.29, 1.82) is 0 Å². The number of hydrogen-bond acceptors (Lipinski definition) is 1. The van der Waals surface area contributed by atoms with Crippen LogP contribution in [-0.4, -0.2) is 5.11 Å². The Morgan fingerprint density at radius 2 is 2.00 bits per heavy atom. The molecule has 0 aromatic carbocycles. The van der Waals surface area contributed by atoms with Crippen LogP contribution in [0, 0.1) is 0 Å². The number of aliphatic hydroxyl groups is 1. The van der Waals surface area contributed by atoms with Crippen LogP contribution in [0.15, 0.2) is 24.5 Å². The molecule has 0 unspecified atom stereocenters. The van der Waals surface area contributed by atoms with Crippen LogP contribution in [0.4, 0.5) is 0 Å². The molecule has 0 heterocycles. The Hall–Kier alpha value is -0.720. The third-order valence-electron chi connectivity index (χ3n) is 1.31. The van der Waals surface area contributed by atoms with Crippen LogP contribution in [0.25, 0.3) is 0 Å². The first-order valence-electron chi connectivity index (χ1n) is 3.87. The average molecular weight is 140 g/mol. The fraction of sp³-hybridized carbons (Fsp3) is 0.556. The van der Waals surface area contributed by atoms with Crippen molar-refractivity contribution in [3.8, 4) is 0 Å². The smallest absolute Gasteiger partial charge is 0.0791 e. The summed E-state index contributed by atoms with van der Waals surface area (Å²) in [6.07, 6.45) is 11.6. The molecule has 0 aromatic heterocycles. The molecule has 1 heteroatoms. The Balaban J connectivity index is 3.02. The highest BCUT2D eigenvalue weighted by Gasteiger charge is 1.79. The zero-order valence-electron chi connectivity index (χ0n) is 6.59. The summed E-state index contributed by atoms with van der Waals surface area (Å²) in [5.41, 5.74) is 0. The number of unbranched alkanes of at least 4 members (excludes halogenated alkanes) is 3. The van der Waals surface area contributed by atoms with E-state index >= 15 is 0 Å². The number of rotatable bonds is 5. The van der Waals surface area contributed by atoms with E-state index in [0.29, 0.717) is 0 Å². The molecule has 0 atom stereocenters. The minimum absolute atomic E-state index is 1.05. The first-order chi connectivity index (χ1) is 4.91. The van der Waals surface area contributed by atoms with E-state index < -0.39 is 0 Å². The van der Waals surface area contributed by atoms with Gasteiger partial charge in [-0.1, -0.05) is 31.9 Å². The van der Waals surface area contributed by atoms with Gasteiger partial charge in [0.15, 0.2) is 0 Å². The number of allylic oxidation sites excluding steroid dienone is 3. The molecular weight excluding hydrogens is 124 g/mol. The van der Waals surface area contributed by atoms with Gasteiger partial charge in [0.1, 0.15) is 0 Å². The topological polar surface area (TPSA) is 20.2 Å². The molecule has 1 nitrogen and oxygen atoms in total. The molecule has 1 N–H and O–H groups in total. The zero-order chi connectivity index (χ0) is 7.66. The van der Waals surface area contributed by atoms with E-state index in [0.717, 1.165) is 12.7 Å². The summed E-state index contributed by atoms with van der Waals surface area (Å²) in [6.45, 7) is 2.19. The minimum Gasteiger partial charge on any atom is -0.516 e. The van der Waals surface area contributed by atoms with Gasteiger partial charge in [0.25, 0.3) is 0 Å². The maximum Gasteiger partial charge on any atom is 0.0791 e. The Labute approximate surface area is 63.1 Å². The average Bonchev–Trinajstić information content (AvgIpc) is 1.97. The van der Waals surface area contributed by atoms with Crippen LogP contribution in [0.3, 0.4) is 0 Å². The lowest BCUT2D eigenvalue weighted by Crippen LogP contribution is -1.69. The third-order valence-corrected chi connectivity index (χ3v) is 1.31. The predicted molar refractivity (Wildman–Crippen MR) is 45.1 cm³/mol. The second-order valence-corrected chi connectivity index (χ2v) is 2.27. The summed E-state index contributed by atoms with van der Waals surface area (Å²) in [5, 5.41) is 8.24. The van der Waals surface area contributed by atoms with Crippen LogP contribution in [0.5, 0.6) is 0 Å². The van der Waals surface area contributed by atoms with Crippen molar-refractivity contribution in [3.05, 3.63) is 24.5 Å². The van der Waals surface area contributed by atoms with E-state index in [-0.39, 0.29) is 0 Å². The van der Waals surface area contributed by atoms with Crippen molar-refractivity contribution in [2.45, 2.75) is 32.6 Å². The Kier molecular flexibility index (Phi) is 7.68. The van der Waals surface area contributed by atoms with Crippen molar-refractivity contribution >= 4 is 0 Å². The zero-order valence-corrected chi connectivity index (χ0v) is 6.59. The molecule has 0 amide bonds. The lowest BCUT2D eigenvalue weighted by atomic mass is 10.2. The quantitative estimate of drug-likeness (QED) is 0.353. The number of hydrogen-bond donors (Lipinski definition) is 1. The monoisotopic (exact) mass is 140 g/mol. The molecule has 10 heavy (non-hydrogen) atoms. The van der Waals surface area contributed by atoms with Crippen LogP contribution in [-0.2, 0) is 0 Å². The van der Waals surface area contributed by atoms with Gasteiger partial charge in [-0.15, -0.1) is 0 Å². The maximum absolute atomic E-state index is 8.24. The Bertz CT molecular complexity index is 103. The standard InChI is InChI=1S/C9H16O/c1-2-3-4-5-6-7-8-9-10/h6-10H,2-5H2,1H3/b7-6-,9-8+. The second-order valence-electron chi connectivity index (χ2n) is 2.27. The van der Waals surface area contributed by atoms with Gasteiger partial charge in [0.2, 0.25) is 0 Å². The molecule has 0 aromatic rings. The van der Waals surface area contributed by atoms with Crippen LogP contribution in [0.2, 0.25) is 0 Å². The molecule has 0 aliphatic heterocycles. The van der Waals surface area contributed by atoms with E-state index in [1.807, 2.05) is 6.08 Å². The van der Waals surface area contributed by atoms with Crippen molar-refractivity contribution < 1.29 is 5.11 Å². The van der Waals surface area contributed by atoms with E-state index in [1.165, 1.54) is 19.3 Å². The summed E-state index contributed by atoms with van der Waals surface area (Å²) < 4.78 is 0. The van der Waals surface area contributed by atoms with E-state index in [1.54, 1.807) is 6.08 Å². The molecule has 0 saturated heterocycles. The fourth-order valence-corrected chi connectivity index (χ4v) is 0.737. The van der Waals surface area contributed by atoms with E-state index in [4.69, 9.17) is 5.11 Å². The van der Waals surface area contributed by atoms with Crippen molar-refractivity contribution in [1.82, 2.24) is 0 Å². The predicted octanol–water partition coefficient (Wildman–Crippen LogP) is 3.19. The Morgan fingerprint density at radius 3 is 2.60 bits per heavy atom. The summed E-state index contributed by atoms with van der Waals surface area (Å²) in [7, 11) is 0. The van der Waals surface area contributed by atoms with Gasteiger partial charge in [-0.25, -0.2) is 0 Å². The largest absolute Gasteiger partial charge is 0.516 e.